The molecule has 4 nitrogen and oxygen atoms in total. The Morgan fingerprint density at radius 2 is 1.81 bits per heavy atom. The third kappa shape index (κ3) is 6.40. The van der Waals surface area contributed by atoms with Crippen molar-refractivity contribution < 1.29 is 27.1 Å². The Morgan fingerprint density at radius 3 is 2.38 bits per heavy atom. The van der Waals surface area contributed by atoms with Gasteiger partial charge in [-0.15, -0.1) is 24.9 Å². The summed E-state index contributed by atoms with van der Waals surface area (Å²) in [7, 11) is 0. The number of thioether (sulfide) groups is 1. The van der Waals surface area contributed by atoms with Gasteiger partial charge < -0.3 is 10.1 Å². The van der Waals surface area contributed by atoms with Crippen LogP contribution < -0.4 is 10.1 Å². The first kappa shape index (κ1) is 19.8. The van der Waals surface area contributed by atoms with E-state index in [2.05, 4.69) is 15.0 Å². The van der Waals surface area contributed by atoms with Crippen LogP contribution >= 0.6 is 11.8 Å². The maximum Gasteiger partial charge on any atom is 0.573 e. The van der Waals surface area contributed by atoms with Gasteiger partial charge in [0.2, 0.25) is 0 Å². The molecule has 0 fully saturated rings. The van der Waals surface area contributed by atoms with E-state index < -0.39 is 24.0 Å². The molecule has 0 saturated carbocycles. The Kier molecular flexibility index (Phi) is 6.62. The van der Waals surface area contributed by atoms with Crippen LogP contribution in [0.4, 0.5) is 28.0 Å². The van der Waals surface area contributed by atoms with Crippen molar-refractivity contribution in [2.75, 3.05) is 11.6 Å². The number of benzene rings is 2. The highest BCUT2D eigenvalue weighted by Gasteiger charge is 2.30. The highest BCUT2D eigenvalue weighted by atomic mass is 32.2. The molecule has 0 aliphatic heterocycles. The van der Waals surface area contributed by atoms with Crippen LogP contribution in [0.3, 0.4) is 0 Å². The van der Waals surface area contributed by atoms with Gasteiger partial charge in [-0.1, -0.05) is 18.2 Å². The number of ether oxygens (including phenoxy) is 1. The van der Waals surface area contributed by atoms with E-state index in [0.29, 0.717) is 10.6 Å². The first-order valence-electron chi connectivity index (χ1n) is 7.28. The monoisotopic (exact) mass is 386 g/mol. The molecule has 0 heterocycles. The maximum absolute atomic E-state index is 13.7. The normalized spacial score (nSPS) is 12.0. The van der Waals surface area contributed by atoms with Crippen LogP contribution in [0.15, 0.2) is 53.5 Å². The predicted octanol–water partition coefficient (Wildman–Crippen LogP) is 5.26. The van der Waals surface area contributed by atoms with Gasteiger partial charge in [-0.05, 0) is 42.2 Å². The number of alkyl halides is 3. The lowest BCUT2D eigenvalue weighted by Crippen LogP contribution is -2.17. The molecule has 9 heteroatoms. The van der Waals surface area contributed by atoms with Crippen LogP contribution in [-0.4, -0.2) is 23.7 Å². The van der Waals surface area contributed by atoms with Gasteiger partial charge in [-0.2, -0.15) is 4.99 Å². The van der Waals surface area contributed by atoms with Gasteiger partial charge in [0, 0.05) is 12.1 Å². The second-order valence-electron chi connectivity index (χ2n) is 4.98. The average Bonchev–Trinajstić information content (AvgIpc) is 2.56. The van der Waals surface area contributed by atoms with E-state index in [1.165, 1.54) is 30.0 Å². The van der Waals surface area contributed by atoms with Crippen molar-refractivity contribution in [2.45, 2.75) is 12.8 Å². The van der Waals surface area contributed by atoms with E-state index in [1.807, 2.05) is 0 Å². The minimum atomic E-state index is -4.78. The minimum absolute atomic E-state index is 0.152. The molecule has 138 valence electrons. The van der Waals surface area contributed by atoms with Crippen LogP contribution in [0, 0.1) is 5.82 Å². The number of aliphatic imine (C=N–C) groups is 1. The van der Waals surface area contributed by atoms with Crippen molar-refractivity contribution in [2.24, 2.45) is 4.99 Å². The number of rotatable bonds is 4. The molecule has 0 unspecified atom stereocenters. The van der Waals surface area contributed by atoms with Crippen molar-refractivity contribution in [3.63, 3.8) is 0 Å². The molecule has 1 N–H and O–H groups in total. The van der Waals surface area contributed by atoms with Gasteiger partial charge in [0.05, 0.1) is 5.04 Å². The van der Waals surface area contributed by atoms with Crippen molar-refractivity contribution in [3.8, 4) is 5.75 Å². The fourth-order valence-corrected chi connectivity index (χ4v) is 2.44. The first-order valence-corrected chi connectivity index (χ1v) is 8.51. The smallest absolute Gasteiger partial charge is 0.406 e. The van der Waals surface area contributed by atoms with Gasteiger partial charge in [0.1, 0.15) is 11.6 Å². The number of anilines is 1. The Balaban J connectivity index is 2.01. The number of nitrogens with zero attached hydrogens (tertiary/aromatic N) is 1. The molecule has 0 aromatic heterocycles. The summed E-state index contributed by atoms with van der Waals surface area (Å²) in [5.41, 5.74) is 0.654. The van der Waals surface area contributed by atoms with E-state index in [9.17, 15) is 22.4 Å². The maximum atomic E-state index is 13.7. The number of hydrogen-bond acceptors (Lipinski definition) is 3. The van der Waals surface area contributed by atoms with Crippen LogP contribution in [0.25, 0.3) is 0 Å². The summed E-state index contributed by atoms with van der Waals surface area (Å²) in [6.07, 6.45) is -2.93. The molecule has 0 spiro atoms. The molecular formula is C17H14F4N2O2S. The van der Waals surface area contributed by atoms with Gasteiger partial charge in [0.15, 0.2) is 0 Å². The molecule has 0 aliphatic rings. The summed E-state index contributed by atoms with van der Waals surface area (Å²) in [5, 5.41) is 2.82. The van der Waals surface area contributed by atoms with Crippen molar-refractivity contribution in [3.05, 3.63) is 59.9 Å². The van der Waals surface area contributed by atoms with E-state index >= 15 is 0 Å². The zero-order chi connectivity index (χ0) is 19.2. The van der Waals surface area contributed by atoms with Crippen molar-refractivity contribution in [1.82, 2.24) is 0 Å². The lowest BCUT2D eigenvalue weighted by atomic mass is 10.1. The van der Waals surface area contributed by atoms with Crippen LogP contribution in [0.1, 0.15) is 5.56 Å². The number of carbonyl (C=O) groups excluding carboxylic acids is 1. The number of carbonyl (C=O) groups is 1. The van der Waals surface area contributed by atoms with E-state index in [1.54, 1.807) is 24.5 Å². The fourth-order valence-electron chi connectivity index (χ4n) is 1.97. The number of urea groups is 1. The standard InChI is InChI=1S/C17H14F4N2O2S/c1-26-15(10-11-4-2-3-5-14(11)18)23-16(24)22-12-6-8-13(9-7-12)25-17(19,20)21/h2-9H,10H2,1H3,(H,22,24). The molecule has 0 saturated heterocycles. The summed E-state index contributed by atoms with van der Waals surface area (Å²) < 4.78 is 53.7. The topological polar surface area (TPSA) is 50.7 Å². The fraction of sp³-hybridized carbons (Fsp3) is 0.176. The minimum Gasteiger partial charge on any atom is -0.406 e. The summed E-state index contributed by atoms with van der Waals surface area (Å²) in [4.78, 5) is 15.8. The lowest BCUT2D eigenvalue weighted by Gasteiger charge is -2.09. The SMILES string of the molecule is CSC(Cc1ccccc1F)=NC(=O)Nc1ccc(OC(F)(F)F)cc1. The van der Waals surface area contributed by atoms with Gasteiger partial charge in [-0.3, -0.25) is 0 Å². The van der Waals surface area contributed by atoms with Gasteiger partial charge in [0.25, 0.3) is 0 Å². The van der Waals surface area contributed by atoms with E-state index in [0.717, 1.165) is 12.1 Å². The lowest BCUT2D eigenvalue weighted by molar-refractivity contribution is -0.274. The highest BCUT2D eigenvalue weighted by Crippen LogP contribution is 2.24. The average molecular weight is 386 g/mol. The Morgan fingerprint density at radius 1 is 1.15 bits per heavy atom. The predicted molar refractivity (Wildman–Crippen MR) is 93.2 cm³/mol. The van der Waals surface area contributed by atoms with Crippen molar-refractivity contribution in [1.29, 1.82) is 0 Å². The third-order valence-electron chi connectivity index (χ3n) is 3.10. The summed E-state index contributed by atoms with van der Waals surface area (Å²) in [6, 6.07) is 10.1. The molecule has 2 rings (SSSR count). The van der Waals surface area contributed by atoms with E-state index in [-0.39, 0.29) is 12.1 Å². The molecule has 2 aromatic rings. The van der Waals surface area contributed by atoms with Gasteiger partial charge in [-0.25, -0.2) is 9.18 Å². The summed E-state index contributed by atoms with van der Waals surface area (Å²) in [5.74, 6) is -0.793. The second kappa shape index (κ2) is 8.70. The summed E-state index contributed by atoms with van der Waals surface area (Å²) >= 11 is 1.20. The quantitative estimate of drug-likeness (QED) is 0.443. The molecule has 26 heavy (non-hydrogen) atoms. The third-order valence-corrected chi connectivity index (χ3v) is 3.81. The molecule has 2 amide bonds. The Hall–Kier alpha value is -2.55. The Bertz CT molecular complexity index is 792. The summed E-state index contributed by atoms with van der Waals surface area (Å²) in [6.45, 7) is 0. The Labute approximate surface area is 151 Å². The number of halogens is 4. The zero-order valence-electron chi connectivity index (χ0n) is 13.5. The van der Waals surface area contributed by atoms with Crippen LogP contribution in [-0.2, 0) is 6.42 Å². The first-order chi connectivity index (χ1) is 12.3. The molecule has 2 aromatic carbocycles. The molecular weight excluding hydrogens is 372 g/mol. The number of nitrogens with one attached hydrogen (secondary N) is 1. The van der Waals surface area contributed by atoms with E-state index in [4.69, 9.17) is 0 Å². The second-order valence-corrected chi connectivity index (χ2v) is 5.86. The number of hydrogen-bond donors (Lipinski definition) is 1. The zero-order valence-corrected chi connectivity index (χ0v) is 14.3. The van der Waals surface area contributed by atoms with Crippen molar-refractivity contribution >= 4 is 28.5 Å². The van der Waals surface area contributed by atoms with Crippen LogP contribution in [0.5, 0.6) is 5.75 Å². The molecule has 0 radical (unpaired) electrons. The molecule has 0 atom stereocenters. The molecule has 0 aliphatic carbocycles. The molecule has 0 bridgehead atoms. The largest absolute Gasteiger partial charge is 0.573 e. The van der Waals surface area contributed by atoms with Crippen LogP contribution in [0.2, 0.25) is 0 Å². The van der Waals surface area contributed by atoms with Gasteiger partial charge >= 0.3 is 12.4 Å². The number of amides is 2. The highest BCUT2D eigenvalue weighted by molar-refractivity contribution is 8.13.